The molecule has 1 unspecified atom stereocenters. The van der Waals surface area contributed by atoms with E-state index in [9.17, 15) is 0 Å². The van der Waals surface area contributed by atoms with Gasteiger partial charge in [0.25, 0.3) is 0 Å². The van der Waals surface area contributed by atoms with Gasteiger partial charge in [0.15, 0.2) is 0 Å². The first kappa shape index (κ1) is 12.4. The minimum Gasteiger partial charge on any atom is -0.294 e. The number of likely N-dealkylation sites (tertiary alicyclic amines) is 1. The van der Waals surface area contributed by atoms with E-state index >= 15 is 0 Å². The van der Waals surface area contributed by atoms with Crippen molar-refractivity contribution in [3.63, 3.8) is 0 Å². The van der Waals surface area contributed by atoms with Crippen molar-refractivity contribution >= 4 is 0 Å². The fraction of sp³-hybridized carbons (Fsp3) is 0.643. The highest BCUT2D eigenvalue weighted by Crippen LogP contribution is 2.30. The fourth-order valence-electron chi connectivity index (χ4n) is 2.54. The fourth-order valence-corrected chi connectivity index (χ4v) is 2.54. The number of aryl methyl sites for hydroxylation is 1. The number of H-pyrrole nitrogens is 1. The third-order valence-corrected chi connectivity index (χ3v) is 3.51. The Morgan fingerprint density at radius 1 is 1.59 bits per heavy atom. The van der Waals surface area contributed by atoms with Gasteiger partial charge in [-0.05, 0) is 45.7 Å². The molecule has 17 heavy (non-hydrogen) atoms. The summed E-state index contributed by atoms with van der Waals surface area (Å²) in [6.07, 6.45) is 4.97. The molecule has 1 aromatic rings. The number of nitrogens with one attached hydrogen (secondary N) is 1. The lowest BCUT2D eigenvalue weighted by atomic mass is 9.98. The monoisotopic (exact) mass is 233 g/mol. The maximum atomic E-state index is 4.43. The van der Waals surface area contributed by atoms with Crippen LogP contribution in [0.4, 0.5) is 0 Å². The molecule has 1 fully saturated rings. The molecule has 94 valence electrons. The number of aromatic nitrogens is 2. The largest absolute Gasteiger partial charge is 0.294 e. The van der Waals surface area contributed by atoms with Crippen LogP contribution in [0.15, 0.2) is 18.2 Å². The standard InChI is InChI=1S/C14H23N3/c1-11(2)7-9-17-8-5-4-6-14(17)13-10-12(3)15-16-13/h10,14H,1,4-9H2,2-3H3,(H,15,16). The van der Waals surface area contributed by atoms with E-state index in [0.29, 0.717) is 6.04 Å². The van der Waals surface area contributed by atoms with E-state index in [-0.39, 0.29) is 0 Å². The molecule has 2 rings (SSSR count). The van der Waals surface area contributed by atoms with Crippen LogP contribution in [0.25, 0.3) is 0 Å². The molecule has 1 N–H and O–H groups in total. The average molecular weight is 233 g/mol. The topological polar surface area (TPSA) is 31.9 Å². The summed E-state index contributed by atoms with van der Waals surface area (Å²) < 4.78 is 0. The summed E-state index contributed by atoms with van der Waals surface area (Å²) in [6.45, 7) is 10.5. The molecule has 0 aliphatic carbocycles. The average Bonchev–Trinajstić information content (AvgIpc) is 2.73. The Balaban J connectivity index is 2.04. The summed E-state index contributed by atoms with van der Waals surface area (Å²) in [5.74, 6) is 0. The zero-order valence-electron chi connectivity index (χ0n) is 11.0. The summed E-state index contributed by atoms with van der Waals surface area (Å²) in [5.41, 5.74) is 3.64. The third-order valence-electron chi connectivity index (χ3n) is 3.51. The zero-order valence-corrected chi connectivity index (χ0v) is 11.0. The van der Waals surface area contributed by atoms with Crippen LogP contribution in [0.3, 0.4) is 0 Å². The smallest absolute Gasteiger partial charge is 0.0796 e. The molecule has 3 heteroatoms. The quantitative estimate of drug-likeness (QED) is 0.810. The minimum atomic E-state index is 0.507. The Hall–Kier alpha value is -1.09. The summed E-state index contributed by atoms with van der Waals surface area (Å²) in [4.78, 5) is 2.56. The lowest BCUT2D eigenvalue weighted by Gasteiger charge is -2.34. The normalized spacial score (nSPS) is 21.6. The predicted molar refractivity (Wildman–Crippen MR) is 70.9 cm³/mol. The molecule has 1 saturated heterocycles. The van der Waals surface area contributed by atoms with Crippen LogP contribution in [-0.2, 0) is 0 Å². The van der Waals surface area contributed by atoms with Crippen molar-refractivity contribution in [2.45, 2.75) is 45.6 Å². The lowest BCUT2D eigenvalue weighted by Crippen LogP contribution is -2.34. The summed E-state index contributed by atoms with van der Waals surface area (Å²) in [6, 6.07) is 2.69. The van der Waals surface area contributed by atoms with Gasteiger partial charge < -0.3 is 0 Å². The number of nitrogens with zero attached hydrogens (tertiary/aromatic N) is 2. The molecule has 0 amide bonds. The number of hydrogen-bond donors (Lipinski definition) is 1. The molecule has 0 spiro atoms. The van der Waals surface area contributed by atoms with Crippen molar-refractivity contribution in [2.24, 2.45) is 0 Å². The molecule has 0 aromatic carbocycles. The van der Waals surface area contributed by atoms with E-state index in [0.717, 1.165) is 18.7 Å². The van der Waals surface area contributed by atoms with Gasteiger partial charge in [0, 0.05) is 12.2 Å². The Bertz CT molecular complexity index is 381. The van der Waals surface area contributed by atoms with Crippen molar-refractivity contribution in [2.75, 3.05) is 13.1 Å². The Kier molecular flexibility index (Phi) is 4.00. The van der Waals surface area contributed by atoms with Crippen LogP contribution in [0.1, 0.15) is 50.0 Å². The van der Waals surface area contributed by atoms with Crippen LogP contribution in [0, 0.1) is 6.92 Å². The molecular weight excluding hydrogens is 210 g/mol. The Morgan fingerprint density at radius 2 is 2.41 bits per heavy atom. The van der Waals surface area contributed by atoms with Gasteiger partial charge in [-0.3, -0.25) is 10.00 Å². The number of rotatable bonds is 4. The zero-order chi connectivity index (χ0) is 12.3. The van der Waals surface area contributed by atoms with Gasteiger partial charge in [-0.15, -0.1) is 6.58 Å². The van der Waals surface area contributed by atoms with Crippen molar-refractivity contribution in [1.29, 1.82) is 0 Å². The summed E-state index contributed by atoms with van der Waals surface area (Å²) >= 11 is 0. The first-order chi connectivity index (χ1) is 8.16. The number of hydrogen-bond acceptors (Lipinski definition) is 2. The predicted octanol–water partition coefficient (Wildman–Crippen LogP) is 3.21. The van der Waals surface area contributed by atoms with E-state index in [1.807, 2.05) is 0 Å². The number of aromatic amines is 1. The van der Waals surface area contributed by atoms with Crippen LogP contribution < -0.4 is 0 Å². The highest BCUT2D eigenvalue weighted by molar-refractivity contribution is 5.12. The van der Waals surface area contributed by atoms with E-state index in [4.69, 9.17) is 0 Å². The van der Waals surface area contributed by atoms with Crippen LogP contribution in [-0.4, -0.2) is 28.2 Å². The van der Waals surface area contributed by atoms with Crippen LogP contribution >= 0.6 is 0 Å². The second-order valence-electron chi connectivity index (χ2n) is 5.23. The second kappa shape index (κ2) is 5.50. The molecule has 1 atom stereocenters. The second-order valence-corrected chi connectivity index (χ2v) is 5.23. The molecular formula is C14H23N3. The summed E-state index contributed by atoms with van der Waals surface area (Å²) in [5, 5.41) is 7.48. The molecule has 0 bridgehead atoms. The molecule has 1 aliphatic rings. The third kappa shape index (κ3) is 3.19. The van der Waals surface area contributed by atoms with Gasteiger partial charge in [-0.25, -0.2) is 0 Å². The maximum Gasteiger partial charge on any atom is 0.0796 e. The van der Waals surface area contributed by atoms with Gasteiger partial charge in [0.2, 0.25) is 0 Å². The van der Waals surface area contributed by atoms with Crippen molar-refractivity contribution in [1.82, 2.24) is 15.1 Å². The maximum absolute atomic E-state index is 4.43. The first-order valence-corrected chi connectivity index (χ1v) is 6.57. The minimum absolute atomic E-state index is 0.507. The van der Waals surface area contributed by atoms with E-state index in [1.54, 1.807) is 0 Å². The van der Waals surface area contributed by atoms with Gasteiger partial charge >= 0.3 is 0 Å². The molecule has 1 aliphatic heterocycles. The van der Waals surface area contributed by atoms with Gasteiger partial charge in [0.05, 0.1) is 11.7 Å². The molecule has 1 aromatic heterocycles. The van der Waals surface area contributed by atoms with Crippen molar-refractivity contribution < 1.29 is 0 Å². The van der Waals surface area contributed by atoms with Gasteiger partial charge in [-0.1, -0.05) is 12.0 Å². The van der Waals surface area contributed by atoms with Crippen molar-refractivity contribution in [3.05, 3.63) is 29.6 Å². The Labute approximate surface area is 104 Å². The van der Waals surface area contributed by atoms with E-state index in [1.165, 1.54) is 37.1 Å². The number of piperidine rings is 1. The van der Waals surface area contributed by atoms with Gasteiger partial charge in [0.1, 0.15) is 0 Å². The van der Waals surface area contributed by atoms with Crippen LogP contribution in [0.2, 0.25) is 0 Å². The first-order valence-electron chi connectivity index (χ1n) is 6.57. The SMILES string of the molecule is C=C(C)CCN1CCCCC1c1cc(C)[nH]n1. The van der Waals surface area contributed by atoms with Gasteiger partial charge in [-0.2, -0.15) is 5.10 Å². The van der Waals surface area contributed by atoms with Crippen molar-refractivity contribution in [3.8, 4) is 0 Å². The Morgan fingerprint density at radius 3 is 3.06 bits per heavy atom. The highest BCUT2D eigenvalue weighted by Gasteiger charge is 2.25. The van der Waals surface area contributed by atoms with Crippen LogP contribution in [0.5, 0.6) is 0 Å². The summed E-state index contributed by atoms with van der Waals surface area (Å²) in [7, 11) is 0. The van der Waals surface area contributed by atoms with E-state index in [2.05, 4.69) is 41.6 Å². The van der Waals surface area contributed by atoms with E-state index < -0.39 is 0 Å². The molecule has 3 nitrogen and oxygen atoms in total. The molecule has 0 radical (unpaired) electrons. The molecule has 0 saturated carbocycles. The lowest BCUT2D eigenvalue weighted by molar-refractivity contribution is 0.147. The highest BCUT2D eigenvalue weighted by atomic mass is 15.2. The molecule has 2 heterocycles.